The van der Waals surface area contributed by atoms with Crippen molar-refractivity contribution in [3.05, 3.63) is 95.9 Å². The molecule has 5 heterocycles. The van der Waals surface area contributed by atoms with Crippen LogP contribution < -0.4 is 15.8 Å². The van der Waals surface area contributed by atoms with E-state index in [1.54, 1.807) is 35.0 Å². The summed E-state index contributed by atoms with van der Waals surface area (Å²) in [6, 6.07) is 16.5. The Labute approximate surface area is 230 Å². The van der Waals surface area contributed by atoms with E-state index < -0.39 is 5.95 Å². The zero-order chi connectivity index (χ0) is 27.6. The van der Waals surface area contributed by atoms with Crippen molar-refractivity contribution >= 4 is 28.4 Å². The van der Waals surface area contributed by atoms with Crippen molar-refractivity contribution in [1.82, 2.24) is 34.2 Å². The fourth-order valence-corrected chi connectivity index (χ4v) is 4.82. The zero-order valence-corrected chi connectivity index (χ0v) is 22.0. The third-order valence-electron chi connectivity index (χ3n) is 6.94. The SMILES string of the molecule is C=CCn1c(=O)c2cnc(Nc3ccc(N4CCN(C)CC4)cc3)nc2n1-c1cccc(-c2ccnc(F)c2)n1. The van der Waals surface area contributed by atoms with Gasteiger partial charge in [0.1, 0.15) is 5.39 Å². The molecule has 40 heavy (non-hydrogen) atoms. The lowest BCUT2D eigenvalue weighted by Crippen LogP contribution is -2.44. The Morgan fingerprint density at radius 3 is 2.58 bits per heavy atom. The van der Waals surface area contributed by atoms with E-state index in [0.29, 0.717) is 34.1 Å². The average molecular weight is 538 g/mol. The van der Waals surface area contributed by atoms with Crippen LogP contribution in [0.5, 0.6) is 0 Å². The molecule has 0 saturated carbocycles. The number of hydrogen-bond acceptors (Lipinski definition) is 8. The lowest BCUT2D eigenvalue weighted by molar-refractivity contribution is 0.313. The van der Waals surface area contributed by atoms with E-state index in [4.69, 9.17) is 9.97 Å². The number of pyridine rings is 2. The molecular weight excluding hydrogens is 509 g/mol. The molecule has 1 aliphatic rings. The molecular formula is C29H28FN9O. The van der Waals surface area contributed by atoms with Crippen LogP contribution in [0.1, 0.15) is 0 Å². The van der Waals surface area contributed by atoms with Gasteiger partial charge in [-0.05, 0) is 49.5 Å². The molecule has 11 heteroatoms. The number of aromatic nitrogens is 6. The van der Waals surface area contributed by atoms with Crippen molar-refractivity contribution in [2.24, 2.45) is 0 Å². The summed E-state index contributed by atoms with van der Waals surface area (Å²) in [4.78, 5) is 35.4. The summed E-state index contributed by atoms with van der Waals surface area (Å²) < 4.78 is 16.9. The van der Waals surface area contributed by atoms with Crippen LogP contribution in [0.25, 0.3) is 28.1 Å². The molecule has 1 fully saturated rings. The van der Waals surface area contributed by atoms with Crippen LogP contribution >= 0.6 is 0 Å². The first kappa shape index (κ1) is 25.4. The Hall–Kier alpha value is -4.90. The molecule has 202 valence electrons. The minimum absolute atomic E-state index is 0.238. The summed E-state index contributed by atoms with van der Waals surface area (Å²) in [6.45, 7) is 8.10. The Balaban J connectivity index is 1.35. The van der Waals surface area contributed by atoms with Gasteiger partial charge in [-0.3, -0.25) is 4.79 Å². The van der Waals surface area contributed by atoms with Crippen molar-refractivity contribution in [3.63, 3.8) is 0 Å². The van der Waals surface area contributed by atoms with Gasteiger partial charge < -0.3 is 15.1 Å². The molecule has 10 nitrogen and oxygen atoms in total. The second-order valence-corrected chi connectivity index (χ2v) is 9.63. The number of hydrogen-bond donors (Lipinski definition) is 1. The van der Waals surface area contributed by atoms with E-state index in [1.807, 2.05) is 12.1 Å². The standard InChI is InChI=1S/C29H28FN9O/c1-3-13-38-28(40)23-19-32-29(33-21-7-9-22(10-8-21)37-16-14-36(2)15-17-37)35-27(23)39(38)26-6-4-5-24(34-26)20-11-12-31-25(30)18-20/h3-12,18-19H,1,13-17H2,2H3,(H,32,33,35). The van der Waals surface area contributed by atoms with Gasteiger partial charge in [0.15, 0.2) is 11.5 Å². The summed E-state index contributed by atoms with van der Waals surface area (Å²) in [6.07, 6.45) is 4.54. The van der Waals surface area contributed by atoms with E-state index >= 15 is 0 Å². The highest BCUT2D eigenvalue weighted by atomic mass is 19.1. The monoisotopic (exact) mass is 537 g/mol. The molecule has 1 saturated heterocycles. The minimum atomic E-state index is -0.597. The maximum Gasteiger partial charge on any atom is 0.278 e. The van der Waals surface area contributed by atoms with Crippen molar-refractivity contribution in [1.29, 1.82) is 0 Å². The smallest absolute Gasteiger partial charge is 0.278 e. The number of benzene rings is 1. The van der Waals surface area contributed by atoms with Crippen LogP contribution in [0.3, 0.4) is 0 Å². The second kappa shape index (κ2) is 10.7. The predicted molar refractivity (Wildman–Crippen MR) is 154 cm³/mol. The highest BCUT2D eigenvalue weighted by Gasteiger charge is 2.19. The van der Waals surface area contributed by atoms with Crippen LogP contribution in [0.4, 0.5) is 21.7 Å². The van der Waals surface area contributed by atoms with Gasteiger partial charge in [0, 0.05) is 61.6 Å². The molecule has 0 atom stereocenters. The van der Waals surface area contributed by atoms with Crippen molar-refractivity contribution in [2.45, 2.75) is 6.54 Å². The zero-order valence-electron chi connectivity index (χ0n) is 22.0. The molecule has 1 aliphatic heterocycles. The van der Waals surface area contributed by atoms with Crippen LogP contribution in [-0.2, 0) is 6.54 Å². The van der Waals surface area contributed by atoms with Crippen LogP contribution in [0.2, 0.25) is 0 Å². The van der Waals surface area contributed by atoms with Crippen LogP contribution in [-0.4, -0.2) is 67.4 Å². The number of fused-ring (bicyclic) bond motifs is 1. The van der Waals surface area contributed by atoms with E-state index in [9.17, 15) is 9.18 Å². The minimum Gasteiger partial charge on any atom is -0.369 e. The number of piperazine rings is 1. The molecule has 0 amide bonds. The molecule has 1 aromatic carbocycles. The summed E-state index contributed by atoms with van der Waals surface area (Å²) in [7, 11) is 2.14. The Morgan fingerprint density at radius 2 is 1.82 bits per heavy atom. The van der Waals surface area contributed by atoms with E-state index in [0.717, 1.165) is 31.9 Å². The second-order valence-electron chi connectivity index (χ2n) is 9.63. The fraction of sp³-hybridized carbons (Fsp3) is 0.207. The van der Waals surface area contributed by atoms with E-state index in [-0.39, 0.29) is 12.1 Å². The molecule has 5 aromatic rings. The number of nitrogens with zero attached hydrogens (tertiary/aromatic N) is 8. The van der Waals surface area contributed by atoms with Gasteiger partial charge in [0.25, 0.3) is 5.56 Å². The number of anilines is 3. The summed E-state index contributed by atoms with van der Waals surface area (Å²) in [5.41, 5.74) is 3.23. The number of rotatable bonds is 7. The predicted octanol–water partition coefficient (Wildman–Crippen LogP) is 3.86. The van der Waals surface area contributed by atoms with Gasteiger partial charge in [0.05, 0.1) is 12.2 Å². The quantitative estimate of drug-likeness (QED) is 0.247. The Morgan fingerprint density at radius 1 is 1.02 bits per heavy atom. The molecule has 0 bridgehead atoms. The summed E-state index contributed by atoms with van der Waals surface area (Å²) in [5.74, 6) is 0.196. The number of likely N-dealkylation sites (N-methyl/N-ethyl adjacent to an activating group) is 1. The first-order valence-electron chi connectivity index (χ1n) is 13.0. The number of halogens is 1. The maximum absolute atomic E-state index is 13.8. The normalized spacial score (nSPS) is 14.0. The largest absolute Gasteiger partial charge is 0.369 e. The fourth-order valence-electron chi connectivity index (χ4n) is 4.82. The van der Waals surface area contributed by atoms with Crippen molar-refractivity contribution in [3.8, 4) is 17.1 Å². The van der Waals surface area contributed by atoms with Gasteiger partial charge >= 0.3 is 0 Å². The van der Waals surface area contributed by atoms with Gasteiger partial charge in [-0.1, -0.05) is 12.1 Å². The highest BCUT2D eigenvalue weighted by Crippen LogP contribution is 2.24. The molecule has 1 N–H and O–H groups in total. The van der Waals surface area contributed by atoms with Crippen molar-refractivity contribution < 1.29 is 4.39 Å². The Bertz CT molecular complexity index is 1740. The highest BCUT2D eigenvalue weighted by molar-refractivity contribution is 5.77. The maximum atomic E-state index is 13.8. The first-order chi connectivity index (χ1) is 19.5. The van der Waals surface area contributed by atoms with Crippen LogP contribution in [0, 0.1) is 5.95 Å². The third kappa shape index (κ3) is 4.94. The van der Waals surface area contributed by atoms with Gasteiger partial charge in [-0.15, -0.1) is 6.58 Å². The first-order valence-corrected chi connectivity index (χ1v) is 13.0. The summed E-state index contributed by atoms with van der Waals surface area (Å²) >= 11 is 0. The summed E-state index contributed by atoms with van der Waals surface area (Å²) in [5, 5.41) is 3.60. The molecule has 4 aromatic heterocycles. The lowest BCUT2D eigenvalue weighted by Gasteiger charge is -2.34. The van der Waals surface area contributed by atoms with Gasteiger partial charge in [-0.25, -0.2) is 24.3 Å². The molecule has 6 rings (SSSR count). The van der Waals surface area contributed by atoms with E-state index in [1.165, 1.54) is 28.8 Å². The van der Waals surface area contributed by atoms with Gasteiger partial charge in [0.2, 0.25) is 11.9 Å². The molecule has 0 aliphatic carbocycles. The molecule has 0 radical (unpaired) electrons. The van der Waals surface area contributed by atoms with Gasteiger partial charge in [-0.2, -0.15) is 9.37 Å². The number of nitrogens with one attached hydrogen (secondary N) is 1. The van der Waals surface area contributed by atoms with Crippen LogP contribution in [0.15, 0.2) is 84.4 Å². The van der Waals surface area contributed by atoms with Crippen molar-refractivity contribution in [2.75, 3.05) is 43.4 Å². The average Bonchev–Trinajstić information content (AvgIpc) is 3.24. The topological polar surface area (TPSA) is 97.0 Å². The Kier molecular flexibility index (Phi) is 6.79. The number of allylic oxidation sites excluding steroid dienone is 1. The molecule has 0 spiro atoms. The lowest BCUT2D eigenvalue weighted by atomic mass is 10.2. The third-order valence-corrected chi connectivity index (χ3v) is 6.94. The molecule has 0 unspecified atom stereocenters. The van der Waals surface area contributed by atoms with E-state index in [2.05, 4.69) is 50.8 Å².